The molecule has 7 nitrogen and oxygen atoms in total. The van der Waals surface area contributed by atoms with Crippen molar-refractivity contribution in [1.29, 1.82) is 0 Å². The Balaban J connectivity index is 2.13. The van der Waals surface area contributed by atoms with Crippen LogP contribution in [0.4, 0.5) is 14.5 Å². The van der Waals surface area contributed by atoms with Gasteiger partial charge in [0.25, 0.3) is 18.2 Å². The molecule has 0 radical (unpaired) electrons. The van der Waals surface area contributed by atoms with Gasteiger partial charge in [-0.25, -0.2) is 14.3 Å². The van der Waals surface area contributed by atoms with Gasteiger partial charge in [0.1, 0.15) is 6.04 Å². The van der Waals surface area contributed by atoms with E-state index in [-0.39, 0.29) is 5.56 Å². The molecule has 164 valence electrons. The third-order valence-corrected chi connectivity index (χ3v) is 4.56. The number of rotatable bonds is 6. The van der Waals surface area contributed by atoms with E-state index in [9.17, 15) is 23.5 Å². The van der Waals surface area contributed by atoms with Crippen LogP contribution in [-0.2, 0) is 4.79 Å². The quantitative estimate of drug-likeness (QED) is 0.317. The van der Waals surface area contributed by atoms with Crippen LogP contribution in [0.1, 0.15) is 28.4 Å². The Morgan fingerprint density at radius 3 is 1.90 bits per heavy atom. The Hall–Kier alpha value is -3.48. The summed E-state index contributed by atoms with van der Waals surface area (Å²) in [6.45, 7) is 0.682. The summed E-state index contributed by atoms with van der Waals surface area (Å²) in [6.07, 6.45) is -3.35. The topological polar surface area (TPSA) is 102 Å². The highest BCUT2D eigenvalue weighted by atomic mass is 19.3. The van der Waals surface area contributed by atoms with Crippen molar-refractivity contribution < 1.29 is 28.7 Å². The van der Waals surface area contributed by atoms with Crippen LogP contribution in [0.3, 0.4) is 0 Å². The molecule has 9 heteroatoms. The van der Waals surface area contributed by atoms with Crippen molar-refractivity contribution in [3.05, 3.63) is 65.2 Å². The number of carbonyl (C=O) groups excluding carboxylic acids is 2. The summed E-state index contributed by atoms with van der Waals surface area (Å²) in [6, 6.07) is 11.5. The number of hydrogen-bond acceptors (Lipinski definition) is 5. The van der Waals surface area contributed by atoms with E-state index in [1.807, 2.05) is 48.6 Å². The standard InChI is InChI=1S/C22H23F2N3O4/c1-22(30,21(23)24)18(20(29)26-31)25-19(28)16-10-6-14(7-11-16)4-5-15-8-12-17(13-9-15)27(2)3/h6-13,18,21,30-31H,1-3H3,(H,25,28)(H,26,29)/t18-,22?/m1/s1. The molecule has 31 heavy (non-hydrogen) atoms. The van der Waals surface area contributed by atoms with Crippen molar-refractivity contribution in [2.75, 3.05) is 19.0 Å². The second kappa shape index (κ2) is 10.0. The zero-order valence-electron chi connectivity index (χ0n) is 17.2. The summed E-state index contributed by atoms with van der Waals surface area (Å²) in [5, 5.41) is 20.6. The van der Waals surface area contributed by atoms with Gasteiger partial charge >= 0.3 is 0 Å². The molecule has 0 saturated heterocycles. The smallest absolute Gasteiger partial charge is 0.269 e. The summed E-state index contributed by atoms with van der Waals surface area (Å²) in [5.41, 5.74) is 0.786. The molecule has 0 heterocycles. The van der Waals surface area contributed by atoms with Gasteiger partial charge in [0, 0.05) is 36.5 Å². The van der Waals surface area contributed by atoms with Gasteiger partial charge in [0.05, 0.1) is 0 Å². The number of halogens is 2. The Morgan fingerprint density at radius 1 is 1.00 bits per heavy atom. The van der Waals surface area contributed by atoms with Crippen LogP contribution < -0.4 is 15.7 Å². The van der Waals surface area contributed by atoms with Gasteiger partial charge in [0.2, 0.25) is 0 Å². The fourth-order valence-electron chi connectivity index (χ4n) is 2.57. The highest BCUT2D eigenvalue weighted by Crippen LogP contribution is 2.20. The average molecular weight is 431 g/mol. The molecule has 0 spiro atoms. The Bertz CT molecular complexity index is 979. The molecular weight excluding hydrogens is 408 g/mol. The molecule has 0 fully saturated rings. The lowest BCUT2D eigenvalue weighted by atomic mass is 9.95. The summed E-state index contributed by atoms with van der Waals surface area (Å²) >= 11 is 0. The second-order valence-electron chi connectivity index (χ2n) is 7.18. The monoisotopic (exact) mass is 431 g/mol. The van der Waals surface area contributed by atoms with Crippen LogP contribution in [0.15, 0.2) is 48.5 Å². The number of nitrogens with one attached hydrogen (secondary N) is 2. The molecule has 2 atom stereocenters. The first-order valence-electron chi connectivity index (χ1n) is 9.21. The van der Waals surface area contributed by atoms with E-state index < -0.39 is 29.9 Å². The Kier molecular flexibility index (Phi) is 7.69. The van der Waals surface area contributed by atoms with Gasteiger partial charge in [-0.05, 0) is 55.5 Å². The maximum absolute atomic E-state index is 13.1. The van der Waals surface area contributed by atoms with Gasteiger partial charge in [-0.3, -0.25) is 14.8 Å². The molecule has 0 bridgehead atoms. The normalized spacial score (nSPS) is 13.4. The maximum atomic E-state index is 13.1. The lowest BCUT2D eigenvalue weighted by Gasteiger charge is -2.30. The van der Waals surface area contributed by atoms with Crippen LogP contribution in [0.5, 0.6) is 0 Å². The molecule has 0 aromatic heterocycles. The number of benzene rings is 2. The number of hydrogen-bond donors (Lipinski definition) is 4. The van der Waals surface area contributed by atoms with E-state index in [0.717, 1.165) is 11.3 Å². The summed E-state index contributed by atoms with van der Waals surface area (Å²) in [4.78, 5) is 26.0. The largest absolute Gasteiger partial charge is 0.381 e. The molecular formula is C22H23F2N3O4. The number of nitrogens with zero attached hydrogens (tertiary/aromatic N) is 1. The third-order valence-electron chi connectivity index (χ3n) is 4.56. The highest BCUT2D eigenvalue weighted by molar-refractivity contribution is 5.97. The van der Waals surface area contributed by atoms with E-state index in [4.69, 9.17) is 5.21 Å². The van der Waals surface area contributed by atoms with Crippen LogP contribution >= 0.6 is 0 Å². The van der Waals surface area contributed by atoms with Gasteiger partial charge in [-0.2, -0.15) is 0 Å². The van der Waals surface area contributed by atoms with Gasteiger partial charge in [0.15, 0.2) is 5.60 Å². The Labute approximate surface area is 178 Å². The van der Waals surface area contributed by atoms with Crippen molar-refractivity contribution in [2.24, 2.45) is 0 Å². The third kappa shape index (κ3) is 6.01. The lowest BCUT2D eigenvalue weighted by molar-refractivity contribution is -0.149. The first-order chi connectivity index (χ1) is 14.6. The molecule has 0 saturated carbocycles. The summed E-state index contributed by atoms with van der Waals surface area (Å²) in [7, 11) is 3.87. The van der Waals surface area contributed by atoms with Crippen molar-refractivity contribution in [3.8, 4) is 11.8 Å². The molecule has 2 amide bonds. The molecule has 4 N–H and O–H groups in total. The van der Waals surface area contributed by atoms with E-state index in [1.165, 1.54) is 17.6 Å². The molecule has 2 aromatic carbocycles. The van der Waals surface area contributed by atoms with Crippen LogP contribution in [0.25, 0.3) is 0 Å². The van der Waals surface area contributed by atoms with Gasteiger partial charge < -0.3 is 15.3 Å². The molecule has 0 aliphatic heterocycles. The van der Waals surface area contributed by atoms with Crippen LogP contribution in [-0.4, -0.2) is 54.3 Å². The minimum absolute atomic E-state index is 0.0571. The van der Waals surface area contributed by atoms with E-state index in [0.29, 0.717) is 12.5 Å². The molecule has 2 rings (SSSR count). The van der Waals surface area contributed by atoms with Crippen LogP contribution in [0.2, 0.25) is 0 Å². The number of alkyl halides is 2. The molecule has 0 aliphatic carbocycles. The Morgan fingerprint density at radius 2 is 1.48 bits per heavy atom. The predicted molar refractivity (Wildman–Crippen MR) is 111 cm³/mol. The van der Waals surface area contributed by atoms with E-state index >= 15 is 0 Å². The number of amides is 2. The fourth-order valence-corrected chi connectivity index (χ4v) is 2.57. The van der Waals surface area contributed by atoms with Crippen molar-refractivity contribution in [1.82, 2.24) is 10.8 Å². The number of hydroxylamine groups is 1. The average Bonchev–Trinajstić information content (AvgIpc) is 2.75. The highest BCUT2D eigenvalue weighted by Gasteiger charge is 2.46. The number of carbonyl (C=O) groups is 2. The fraction of sp³-hybridized carbons (Fsp3) is 0.273. The number of aliphatic hydroxyl groups is 1. The minimum Gasteiger partial charge on any atom is -0.381 e. The van der Waals surface area contributed by atoms with E-state index in [2.05, 4.69) is 11.8 Å². The summed E-state index contributed by atoms with van der Waals surface area (Å²) in [5.74, 6) is 3.69. The zero-order chi connectivity index (χ0) is 23.2. The number of anilines is 1. The van der Waals surface area contributed by atoms with E-state index in [1.54, 1.807) is 12.1 Å². The molecule has 1 unspecified atom stereocenters. The van der Waals surface area contributed by atoms with Crippen molar-refractivity contribution in [2.45, 2.75) is 25.0 Å². The van der Waals surface area contributed by atoms with Gasteiger partial charge in [-0.1, -0.05) is 11.8 Å². The van der Waals surface area contributed by atoms with Crippen LogP contribution in [0, 0.1) is 11.8 Å². The summed E-state index contributed by atoms with van der Waals surface area (Å²) < 4.78 is 26.1. The molecule has 2 aromatic rings. The van der Waals surface area contributed by atoms with Gasteiger partial charge in [-0.15, -0.1) is 0 Å². The first-order valence-corrected chi connectivity index (χ1v) is 9.21. The SMILES string of the molecule is CN(C)c1ccc(C#Cc2ccc(C(=O)N[C@H](C(=O)NO)C(C)(O)C(F)F)cc2)cc1. The minimum atomic E-state index is -3.35. The second-order valence-corrected chi connectivity index (χ2v) is 7.18. The predicted octanol–water partition coefficient (Wildman–Crippen LogP) is 1.77. The maximum Gasteiger partial charge on any atom is 0.269 e. The van der Waals surface area contributed by atoms with Crippen molar-refractivity contribution in [3.63, 3.8) is 0 Å². The lowest BCUT2D eigenvalue weighted by Crippen LogP contribution is -2.61. The van der Waals surface area contributed by atoms with Crippen molar-refractivity contribution >= 4 is 17.5 Å². The molecule has 0 aliphatic rings. The first kappa shape index (κ1) is 23.8. The zero-order valence-corrected chi connectivity index (χ0v) is 17.2.